The van der Waals surface area contributed by atoms with E-state index in [-0.39, 0.29) is 6.54 Å². The molecule has 0 amide bonds. The number of carboxylic acids is 1. The molecular formula is C15H18ClN3O2. The summed E-state index contributed by atoms with van der Waals surface area (Å²) in [7, 11) is 0. The number of nitrogens with zero attached hydrogens (tertiary/aromatic N) is 2. The Kier molecular flexibility index (Phi) is 5.36. The van der Waals surface area contributed by atoms with E-state index in [0.717, 1.165) is 29.8 Å². The first-order chi connectivity index (χ1) is 10.1. The monoisotopic (exact) mass is 307 g/mol. The Morgan fingerprint density at radius 2 is 2.29 bits per heavy atom. The Morgan fingerprint density at radius 1 is 1.48 bits per heavy atom. The van der Waals surface area contributed by atoms with Gasteiger partial charge in [0.2, 0.25) is 0 Å². The van der Waals surface area contributed by atoms with Gasteiger partial charge in [0.05, 0.1) is 18.4 Å². The molecule has 112 valence electrons. The highest BCUT2D eigenvalue weighted by Crippen LogP contribution is 2.24. The molecule has 0 radical (unpaired) electrons. The Hall–Kier alpha value is -1.85. The number of H-pyrrole nitrogens is 1. The van der Waals surface area contributed by atoms with Crippen molar-refractivity contribution in [3.05, 3.63) is 41.0 Å². The molecule has 0 aliphatic carbocycles. The van der Waals surface area contributed by atoms with Gasteiger partial charge >= 0.3 is 5.97 Å². The number of aliphatic carboxylic acids is 1. The lowest BCUT2D eigenvalue weighted by Gasteiger charge is -2.19. The number of hydrogen-bond donors (Lipinski definition) is 2. The van der Waals surface area contributed by atoms with E-state index in [4.69, 9.17) is 16.7 Å². The molecule has 2 rings (SSSR count). The van der Waals surface area contributed by atoms with Crippen LogP contribution in [-0.2, 0) is 11.3 Å². The predicted molar refractivity (Wildman–Crippen MR) is 82.2 cm³/mol. The quantitative estimate of drug-likeness (QED) is 0.825. The summed E-state index contributed by atoms with van der Waals surface area (Å²) in [5.74, 6) is -0.823. The minimum Gasteiger partial charge on any atom is -0.480 e. The maximum absolute atomic E-state index is 10.9. The Labute approximate surface area is 128 Å². The molecule has 1 aromatic heterocycles. The number of nitrogens with one attached hydrogen (secondary N) is 1. The zero-order chi connectivity index (χ0) is 15.2. The standard InChI is InChI=1S/C15H18ClN3O2/c1-2-6-19(10-14(20)21)9-12-8-17-18-15(12)11-4-3-5-13(16)7-11/h3-5,7-8H,2,6,9-10H2,1H3,(H,17,18)(H,20,21). The summed E-state index contributed by atoms with van der Waals surface area (Å²) in [6, 6.07) is 7.50. The average Bonchev–Trinajstić information content (AvgIpc) is 2.86. The van der Waals surface area contributed by atoms with Crippen LogP contribution < -0.4 is 0 Å². The van der Waals surface area contributed by atoms with Gasteiger partial charge in [-0.05, 0) is 25.1 Å². The van der Waals surface area contributed by atoms with Crippen LogP contribution in [-0.4, -0.2) is 39.3 Å². The molecule has 0 atom stereocenters. The molecule has 0 saturated carbocycles. The maximum Gasteiger partial charge on any atom is 0.317 e. The number of halogens is 1. The first kappa shape index (κ1) is 15.5. The van der Waals surface area contributed by atoms with Gasteiger partial charge < -0.3 is 5.11 Å². The van der Waals surface area contributed by atoms with Crippen LogP contribution in [0.1, 0.15) is 18.9 Å². The van der Waals surface area contributed by atoms with Crippen LogP contribution in [0.25, 0.3) is 11.3 Å². The van der Waals surface area contributed by atoms with Gasteiger partial charge in [0, 0.05) is 22.7 Å². The third-order valence-electron chi connectivity index (χ3n) is 3.12. The molecule has 1 aromatic carbocycles. The molecular weight excluding hydrogens is 290 g/mol. The lowest BCUT2D eigenvalue weighted by molar-refractivity contribution is -0.138. The van der Waals surface area contributed by atoms with E-state index in [0.29, 0.717) is 11.6 Å². The highest BCUT2D eigenvalue weighted by Gasteiger charge is 2.14. The fourth-order valence-corrected chi connectivity index (χ4v) is 2.48. The summed E-state index contributed by atoms with van der Waals surface area (Å²) in [6.45, 7) is 3.32. The molecule has 6 heteroatoms. The van der Waals surface area contributed by atoms with Gasteiger partial charge in [-0.1, -0.05) is 30.7 Å². The van der Waals surface area contributed by atoms with Gasteiger partial charge in [0.15, 0.2) is 0 Å². The van der Waals surface area contributed by atoms with E-state index >= 15 is 0 Å². The lowest BCUT2D eigenvalue weighted by atomic mass is 10.1. The number of carboxylic acid groups (broad SMARTS) is 1. The first-order valence-corrected chi connectivity index (χ1v) is 7.20. The maximum atomic E-state index is 10.9. The zero-order valence-electron chi connectivity index (χ0n) is 11.8. The van der Waals surface area contributed by atoms with Crippen molar-refractivity contribution in [1.82, 2.24) is 15.1 Å². The van der Waals surface area contributed by atoms with Gasteiger partial charge in [-0.25, -0.2) is 0 Å². The summed E-state index contributed by atoms with van der Waals surface area (Å²) >= 11 is 6.02. The van der Waals surface area contributed by atoms with Crippen molar-refractivity contribution in [2.24, 2.45) is 0 Å². The van der Waals surface area contributed by atoms with Gasteiger partial charge in [-0.2, -0.15) is 5.10 Å². The van der Waals surface area contributed by atoms with E-state index in [1.165, 1.54) is 0 Å². The molecule has 0 unspecified atom stereocenters. The molecule has 2 aromatic rings. The van der Waals surface area contributed by atoms with Crippen LogP contribution in [0.15, 0.2) is 30.5 Å². The van der Waals surface area contributed by atoms with Crippen LogP contribution in [0.2, 0.25) is 5.02 Å². The van der Waals surface area contributed by atoms with E-state index in [2.05, 4.69) is 10.2 Å². The second-order valence-electron chi connectivity index (χ2n) is 4.88. The summed E-state index contributed by atoms with van der Waals surface area (Å²) < 4.78 is 0. The third kappa shape index (κ3) is 4.31. The largest absolute Gasteiger partial charge is 0.480 e. The van der Waals surface area contributed by atoms with Crippen LogP contribution in [0.4, 0.5) is 0 Å². The van der Waals surface area contributed by atoms with Crippen molar-refractivity contribution >= 4 is 17.6 Å². The zero-order valence-corrected chi connectivity index (χ0v) is 12.6. The predicted octanol–water partition coefficient (Wildman–Crippen LogP) is 3.03. The lowest BCUT2D eigenvalue weighted by Crippen LogP contribution is -2.30. The Balaban J connectivity index is 2.21. The molecule has 0 saturated heterocycles. The van der Waals surface area contributed by atoms with E-state index in [1.807, 2.05) is 36.1 Å². The van der Waals surface area contributed by atoms with Gasteiger partial charge in [-0.15, -0.1) is 0 Å². The van der Waals surface area contributed by atoms with E-state index in [9.17, 15) is 4.79 Å². The SMILES string of the molecule is CCCN(CC(=O)O)Cc1cn[nH]c1-c1cccc(Cl)c1. The highest BCUT2D eigenvalue weighted by molar-refractivity contribution is 6.30. The minimum absolute atomic E-state index is 0.0218. The van der Waals surface area contributed by atoms with Crippen molar-refractivity contribution in [3.8, 4) is 11.3 Å². The van der Waals surface area contributed by atoms with E-state index < -0.39 is 5.97 Å². The summed E-state index contributed by atoms with van der Waals surface area (Å²) in [4.78, 5) is 12.8. The number of carbonyl (C=O) groups is 1. The van der Waals surface area contributed by atoms with Crippen molar-refractivity contribution < 1.29 is 9.90 Å². The summed E-state index contributed by atoms with van der Waals surface area (Å²) in [6.07, 6.45) is 2.64. The molecule has 2 N–H and O–H groups in total. The Morgan fingerprint density at radius 3 is 2.95 bits per heavy atom. The highest BCUT2D eigenvalue weighted by atomic mass is 35.5. The topological polar surface area (TPSA) is 69.2 Å². The molecule has 0 fully saturated rings. The number of hydrogen-bond acceptors (Lipinski definition) is 3. The number of benzene rings is 1. The molecule has 0 aliphatic heterocycles. The van der Waals surface area contributed by atoms with Crippen LogP contribution >= 0.6 is 11.6 Å². The number of rotatable bonds is 7. The Bertz CT molecular complexity index is 612. The summed E-state index contributed by atoms with van der Waals surface area (Å²) in [5, 5.41) is 16.7. The smallest absolute Gasteiger partial charge is 0.317 e. The number of aromatic nitrogens is 2. The van der Waals surface area contributed by atoms with Crippen LogP contribution in [0, 0.1) is 0 Å². The summed E-state index contributed by atoms with van der Waals surface area (Å²) in [5.41, 5.74) is 2.79. The fraction of sp³-hybridized carbons (Fsp3) is 0.333. The molecule has 0 bridgehead atoms. The third-order valence-corrected chi connectivity index (χ3v) is 3.36. The average molecular weight is 308 g/mol. The molecule has 5 nitrogen and oxygen atoms in total. The van der Waals surface area contributed by atoms with Crippen molar-refractivity contribution in [1.29, 1.82) is 0 Å². The van der Waals surface area contributed by atoms with Crippen LogP contribution in [0.5, 0.6) is 0 Å². The second kappa shape index (κ2) is 7.24. The minimum atomic E-state index is -0.823. The molecule has 0 aliphatic rings. The van der Waals surface area contributed by atoms with Crippen LogP contribution in [0.3, 0.4) is 0 Å². The molecule has 0 spiro atoms. The van der Waals surface area contributed by atoms with Crippen molar-refractivity contribution in [2.45, 2.75) is 19.9 Å². The van der Waals surface area contributed by atoms with E-state index in [1.54, 1.807) is 6.20 Å². The fourth-order valence-electron chi connectivity index (χ4n) is 2.29. The molecule has 21 heavy (non-hydrogen) atoms. The van der Waals surface area contributed by atoms with Crippen molar-refractivity contribution in [3.63, 3.8) is 0 Å². The molecule has 1 heterocycles. The van der Waals surface area contributed by atoms with Gasteiger partial charge in [-0.3, -0.25) is 14.8 Å². The van der Waals surface area contributed by atoms with Gasteiger partial charge in [0.25, 0.3) is 0 Å². The normalized spacial score (nSPS) is 11.0. The number of aromatic amines is 1. The first-order valence-electron chi connectivity index (χ1n) is 6.82. The van der Waals surface area contributed by atoms with Crippen molar-refractivity contribution in [2.75, 3.05) is 13.1 Å². The van der Waals surface area contributed by atoms with Gasteiger partial charge in [0.1, 0.15) is 0 Å². The second-order valence-corrected chi connectivity index (χ2v) is 5.32.